The van der Waals surface area contributed by atoms with Crippen LogP contribution in [0.1, 0.15) is 24.3 Å². The van der Waals surface area contributed by atoms with Gasteiger partial charge in [-0.05, 0) is 59.6 Å². The molecule has 1 unspecified atom stereocenters. The minimum Gasteiger partial charge on any atom is -0.490 e. The van der Waals surface area contributed by atoms with Crippen LogP contribution in [-0.2, 0) is 0 Å². The third-order valence-corrected chi connectivity index (χ3v) is 3.77. The molecule has 0 amide bonds. The Bertz CT molecular complexity index is 557. The summed E-state index contributed by atoms with van der Waals surface area (Å²) in [4.78, 5) is 0. The Kier molecular flexibility index (Phi) is 5.85. The van der Waals surface area contributed by atoms with E-state index in [4.69, 9.17) is 9.15 Å². The molecule has 2 N–H and O–H groups in total. The van der Waals surface area contributed by atoms with Crippen molar-refractivity contribution in [1.29, 1.82) is 0 Å². The van der Waals surface area contributed by atoms with Crippen LogP contribution in [0.3, 0.4) is 0 Å². The third kappa shape index (κ3) is 4.88. The summed E-state index contributed by atoms with van der Waals surface area (Å²) in [5, 5.41) is 13.2. The lowest BCUT2D eigenvalue weighted by atomic mass is 10.2. The Labute approximate surface area is 133 Å². The van der Waals surface area contributed by atoms with Crippen LogP contribution < -0.4 is 10.1 Å². The molecule has 114 valence electrons. The average molecular weight is 354 g/mol. The third-order valence-electron chi connectivity index (χ3n) is 3.15. The fourth-order valence-corrected chi connectivity index (χ4v) is 2.53. The van der Waals surface area contributed by atoms with Crippen molar-refractivity contribution in [1.82, 2.24) is 5.32 Å². The van der Waals surface area contributed by atoms with Crippen molar-refractivity contribution >= 4 is 15.9 Å². The zero-order chi connectivity index (χ0) is 15.2. The van der Waals surface area contributed by atoms with E-state index >= 15 is 0 Å². The van der Waals surface area contributed by atoms with Gasteiger partial charge in [-0.1, -0.05) is 6.07 Å². The molecule has 1 aromatic heterocycles. The van der Waals surface area contributed by atoms with Gasteiger partial charge in [0.05, 0.1) is 16.8 Å². The van der Waals surface area contributed by atoms with Gasteiger partial charge in [0.1, 0.15) is 24.2 Å². The predicted octanol–water partition coefficient (Wildman–Crippen LogP) is 3.44. The normalized spacial score (nSPS) is 13.9. The molecule has 0 radical (unpaired) electrons. The molecule has 2 rings (SSSR count). The molecule has 0 saturated carbocycles. The zero-order valence-electron chi connectivity index (χ0n) is 12.2. The largest absolute Gasteiger partial charge is 0.490 e. The lowest BCUT2D eigenvalue weighted by molar-refractivity contribution is 0.103. The van der Waals surface area contributed by atoms with E-state index in [1.807, 2.05) is 44.2 Å². The fraction of sp³-hybridized carbons (Fsp3) is 0.375. The predicted molar refractivity (Wildman–Crippen MR) is 85.5 cm³/mol. The van der Waals surface area contributed by atoms with Gasteiger partial charge in [-0.3, -0.25) is 0 Å². The van der Waals surface area contributed by atoms with Crippen molar-refractivity contribution in [3.63, 3.8) is 0 Å². The summed E-state index contributed by atoms with van der Waals surface area (Å²) in [6.45, 7) is 4.68. The molecule has 0 fully saturated rings. The molecule has 0 aliphatic rings. The first-order chi connectivity index (χ1) is 10.1. The van der Waals surface area contributed by atoms with Gasteiger partial charge in [0.2, 0.25) is 0 Å². The summed E-state index contributed by atoms with van der Waals surface area (Å²) in [7, 11) is 0. The highest BCUT2D eigenvalue weighted by Gasteiger charge is 2.12. The first-order valence-corrected chi connectivity index (χ1v) is 7.69. The molecule has 2 atom stereocenters. The van der Waals surface area contributed by atoms with Gasteiger partial charge in [0.15, 0.2) is 0 Å². The number of furan rings is 1. The van der Waals surface area contributed by atoms with E-state index in [-0.39, 0.29) is 12.6 Å². The lowest BCUT2D eigenvalue weighted by Crippen LogP contribution is -2.32. The van der Waals surface area contributed by atoms with Crippen molar-refractivity contribution in [3.8, 4) is 5.75 Å². The zero-order valence-corrected chi connectivity index (χ0v) is 13.8. The molecular weight excluding hydrogens is 334 g/mol. The summed E-state index contributed by atoms with van der Waals surface area (Å²) in [5.74, 6) is 1.59. The van der Waals surface area contributed by atoms with E-state index in [0.717, 1.165) is 21.5 Å². The van der Waals surface area contributed by atoms with Gasteiger partial charge in [0.25, 0.3) is 0 Å². The number of benzene rings is 1. The van der Waals surface area contributed by atoms with Crippen LogP contribution in [-0.4, -0.2) is 24.4 Å². The molecule has 5 heteroatoms. The van der Waals surface area contributed by atoms with Crippen LogP contribution >= 0.6 is 15.9 Å². The number of rotatable bonds is 7. The van der Waals surface area contributed by atoms with Crippen molar-refractivity contribution in [3.05, 3.63) is 52.4 Å². The molecule has 0 aliphatic heterocycles. The highest BCUT2D eigenvalue weighted by Crippen LogP contribution is 2.25. The van der Waals surface area contributed by atoms with Gasteiger partial charge in [-0.2, -0.15) is 0 Å². The number of halogens is 1. The van der Waals surface area contributed by atoms with Crippen LogP contribution in [0.25, 0.3) is 0 Å². The first kappa shape index (κ1) is 16.1. The van der Waals surface area contributed by atoms with Gasteiger partial charge in [-0.25, -0.2) is 0 Å². The van der Waals surface area contributed by atoms with E-state index in [1.54, 1.807) is 6.26 Å². The molecule has 0 saturated heterocycles. The number of hydrogen-bond acceptors (Lipinski definition) is 4. The second-order valence-electron chi connectivity index (χ2n) is 5.04. The molecular formula is C16H20BrNO3. The van der Waals surface area contributed by atoms with Crippen molar-refractivity contribution in [2.75, 3.05) is 13.2 Å². The molecule has 1 aromatic carbocycles. The number of aryl methyl sites for hydroxylation is 1. The Morgan fingerprint density at radius 2 is 2.19 bits per heavy atom. The highest BCUT2D eigenvalue weighted by atomic mass is 79.9. The number of hydrogen-bond donors (Lipinski definition) is 2. The number of ether oxygens (including phenoxy) is 1. The van der Waals surface area contributed by atoms with Crippen LogP contribution in [0.5, 0.6) is 5.75 Å². The van der Waals surface area contributed by atoms with Gasteiger partial charge < -0.3 is 19.6 Å². The van der Waals surface area contributed by atoms with E-state index in [0.29, 0.717) is 6.54 Å². The van der Waals surface area contributed by atoms with Crippen molar-refractivity contribution in [2.45, 2.75) is 26.0 Å². The Balaban J connectivity index is 1.75. The lowest BCUT2D eigenvalue weighted by Gasteiger charge is -2.17. The number of aliphatic hydroxyl groups excluding tert-OH is 1. The highest BCUT2D eigenvalue weighted by molar-refractivity contribution is 9.10. The molecule has 0 bridgehead atoms. The smallest absolute Gasteiger partial charge is 0.133 e. The van der Waals surface area contributed by atoms with Gasteiger partial charge in [0, 0.05) is 6.54 Å². The molecule has 21 heavy (non-hydrogen) atoms. The summed E-state index contributed by atoms with van der Waals surface area (Å²) >= 11 is 3.45. The number of aliphatic hydroxyl groups is 1. The average Bonchev–Trinajstić information content (AvgIpc) is 2.98. The Hall–Kier alpha value is -1.30. The van der Waals surface area contributed by atoms with Crippen LogP contribution in [0.4, 0.5) is 0 Å². The van der Waals surface area contributed by atoms with Crippen molar-refractivity contribution < 1.29 is 14.3 Å². The SMILES string of the molecule is Cc1ccc(OCC(O)CN[C@H](C)c2ccco2)c(Br)c1. The van der Waals surface area contributed by atoms with Crippen molar-refractivity contribution in [2.24, 2.45) is 0 Å². The fourth-order valence-electron chi connectivity index (χ4n) is 1.92. The minimum absolute atomic E-state index is 0.0563. The Morgan fingerprint density at radius 3 is 2.86 bits per heavy atom. The standard InChI is InChI=1S/C16H20BrNO3/c1-11-5-6-16(14(17)8-11)21-10-13(19)9-18-12(2)15-4-3-7-20-15/h3-8,12-13,18-19H,9-10H2,1-2H3/t12-,13?/m1/s1. The van der Waals surface area contributed by atoms with Crippen LogP contribution in [0.2, 0.25) is 0 Å². The second-order valence-corrected chi connectivity index (χ2v) is 5.90. The number of nitrogens with one attached hydrogen (secondary N) is 1. The van der Waals surface area contributed by atoms with Crippen LogP contribution in [0.15, 0.2) is 45.5 Å². The molecule has 4 nitrogen and oxygen atoms in total. The second kappa shape index (κ2) is 7.64. The summed E-state index contributed by atoms with van der Waals surface area (Å²) in [5.41, 5.74) is 1.16. The summed E-state index contributed by atoms with van der Waals surface area (Å²) in [6.07, 6.45) is 1.05. The van der Waals surface area contributed by atoms with Gasteiger partial charge >= 0.3 is 0 Å². The first-order valence-electron chi connectivity index (χ1n) is 6.90. The quantitative estimate of drug-likeness (QED) is 0.800. The molecule has 0 spiro atoms. The van der Waals surface area contributed by atoms with E-state index in [1.165, 1.54) is 0 Å². The maximum atomic E-state index is 9.97. The maximum Gasteiger partial charge on any atom is 0.133 e. The van der Waals surface area contributed by atoms with E-state index in [2.05, 4.69) is 21.2 Å². The minimum atomic E-state index is -0.587. The van der Waals surface area contributed by atoms with E-state index < -0.39 is 6.10 Å². The monoisotopic (exact) mass is 353 g/mol. The molecule has 2 aromatic rings. The van der Waals surface area contributed by atoms with Gasteiger partial charge in [-0.15, -0.1) is 0 Å². The Morgan fingerprint density at radius 1 is 1.38 bits per heavy atom. The maximum absolute atomic E-state index is 9.97. The molecule has 1 heterocycles. The molecule has 0 aliphatic carbocycles. The van der Waals surface area contributed by atoms with E-state index in [9.17, 15) is 5.11 Å². The van der Waals surface area contributed by atoms with Crippen LogP contribution in [0, 0.1) is 6.92 Å². The summed E-state index contributed by atoms with van der Waals surface area (Å²) in [6, 6.07) is 9.67. The topological polar surface area (TPSA) is 54.6 Å². The summed E-state index contributed by atoms with van der Waals surface area (Å²) < 4.78 is 11.8.